The van der Waals surface area contributed by atoms with Gasteiger partial charge in [-0.25, -0.2) is 4.98 Å². The van der Waals surface area contributed by atoms with Crippen molar-refractivity contribution in [3.05, 3.63) is 29.0 Å². The second-order valence-corrected chi connectivity index (χ2v) is 4.99. The Balaban J connectivity index is 1.67. The van der Waals surface area contributed by atoms with Crippen LogP contribution in [0.5, 0.6) is 0 Å². The fraction of sp³-hybridized carbons (Fsp3) is 0.583. The van der Waals surface area contributed by atoms with Crippen molar-refractivity contribution in [2.24, 2.45) is 0 Å². The van der Waals surface area contributed by atoms with E-state index < -0.39 is 0 Å². The molecule has 0 aromatic carbocycles. The molecule has 86 valence electrons. The summed E-state index contributed by atoms with van der Waals surface area (Å²) in [4.78, 5) is 6.74. The van der Waals surface area contributed by atoms with Crippen LogP contribution in [0.1, 0.15) is 18.5 Å². The van der Waals surface area contributed by atoms with E-state index in [2.05, 4.69) is 9.88 Å². The summed E-state index contributed by atoms with van der Waals surface area (Å²) in [7, 11) is 0. The molecule has 0 amide bonds. The summed E-state index contributed by atoms with van der Waals surface area (Å²) in [6, 6.07) is 5.80. The highest BCUT2D eigenvalue weighted by Crippen LogP contribution is 2.26. The molecule has 3 rings (SSSR count). The van der Waals surface area contributed by atoms with Crippen LogP contribution in [0.4, 0.5) is 0 Å². The van der Waals surface area contributed by atoms with E-state index in [4.69, 9.17) is 16.3 Å². The van der Waals surface area contributed by atoms with Gasteiger partial charge in [0, 0.05) is 19.6 Å². The number of fused-ring (bicyclic) bond motifs is 2. The fourth-order valence-electron chi connectivity index (χ4n) is 2.60. The molecule has 2 saturated heterocycles. The minimum atomic E-state index is 0.443. The third-order valence-electron chi connectivity index (χ3n) is 3.28. The van der Waals surface area contributed by atoms with Crippen LogP contribution in [-0.2, 0) is 11.3 Å². The summed E-state index contributed by atoms with van der Waals surface area (Å²) < 4.78 is 5.80. The molecule has 2 bridgehead atoms. The minimum absolute atomic E-state index is 0.443. The molecule has 0 N–H and O–H groups in total. The van der Waals surface area contributed by atoms with E-state index in [1.165, 1.54) is 12.8 Å². The Labute approximate surface area is 100 Å². The maximum atomic E-state index is 5.88. The Morgan fingerprint density at radius 2 is 2.06 bits per heavy atom. The lowest BCUT2D eigenvalue weighted by atomic mass is 10.2. The maximum Gasteiger partial charge on any atom is 0.129 e. The van der Waals surface area contributed by atoms with Crippen molar-refractivity contribution in [2.45, 2.75) is 31.6 Å². The van der Waals surface area contributed by atoms with Gasteiger partial charge >= 0.3 is 0 Å². The summed E-state index contributed by atoms with van der Waals surface area (Å²) in [5.41, 5.74) is 1.05. The lowest BCUT2D eigenvalue weighted by Crippen LogP contribution is -2.42. The molecule has 0 saturated carbocycles. The molecule has 3 nitrogen and oxygen atoms in total. The molecule has 4 heteroatoms. The summed E-state index contributed by atoms with van der Waals surface area (Å²) in [5.74, 6) is 0. The first-order chi connectivity index (χ1) is 7.79. The Morgan fingerprint density at radius 1 is 1.31 bits per heavy atom. The van der Waals surface area contributed by atoms with E-state index >= 15 is 0 Å². The van der Waals surface area contributed by atoms with Gasteiger partial charge in [-0.3, -0.25) is 4.90 Å². The molecule has 2 unspecified atom stereocenters. The lowest BCUT2D eigenvalue weighted by Gasteiger charge is -2.31. The zero-order valence-corrected chi connectivity index (χ0v) is 9.86. The molecular weight excluding hydrogens is 224 g/mol. The number of hydrogen-bond acceptors (Lipinski definition) is 3. The highest BCUT2D eigenvalue weighted by molar-refractivity contribution is 6.29. The topological polar surface area (TPSA) is 25.4 Å². The average Bonchev–Trinajstić information content (AvgIpc) is 2.58. The van der Waals surface area contributed by atoms with Gasteiger partial charge in [-0.05, 0) is 25.0 Å². The number of nitrogens with zero attached hydrogens (tertiary/aromatic N) is 2. The number of hydrogen-bond donors (Lipinski definition) is 0. The van der Waals surface area contributed by atoms with E-state index in [-0.39, 0.29) is 0 Å². The first-order valence-corrected chi connectivity index (χ1v) is 6.16. The van der Waals surface area contributed by atoms with E-state index in [1.807, 2.05) is 18.2 Å². The molecule has 1 aromatic heterocycles. The molecule has 2 atom stereocenters. The molecule has 2 aliphatic rings. The molecule has 2 aliphatic heterocycles. The van der Waals surface area contributed by atoms with Crippen molar-refractivity contribution in [3.63, 3.8) is 0 Å². The van der Waals surface area contributed by atoms with Crippen LogP contribution in [0.3, 0.4) is 0 Å². The van der Waals surface area contributed by atoms with Crippen LogP contribution in [0.2, 0.25) is 5.15 Å². The molecule has 0 radical (unpaired) electrons. The van der Waals surface area contributed by atoms with E-state index in [0.29, 0.717) is 17.4 Å². The van der Waals surface area contributed by atoms with Crippen molar-refractivity contribution >= 4 is 11.6 Å². The number of ether oxygens (including phenoxy) is 1. The number of pyridine rings is 1. The third-order valence-corrected chi connectivity index (χ3v) is 3.49. The highest BCUT2D eigenvalue weighted by Gasteiger charge is 2.33. The quantitative estimate of drug-likeness (QED) is 0.738. The lowest BCUT2D eigenvalue weighted by molar-refractivity contribution is -0.0413. The van der Waals surface area contributed by atoms with Crippen LogP contribution in [0, 0.1) is 0 Å². The van der Waals surface area contributed by atoms with Gasteiger partial charge in [0.2, 0.25) is 0 Å². The van der Waals surface area contributed by atoms with Gasteiger partial charge < -0.3 is 4.74 Å². The van der Waals surface area contributed by atoms with Crippen molar-refractivity contribution in [2.75, 3.05) is 13.1 Å². The van der Waals surface area contributed by atoms with Gasteiger partial charge in [0.15, 0.2) is 0 Å². The maximum absolute atomic E-state index is 5.88. The highest BCUT2D eigenvalue weighted by atomic mass is 35.5. The summed E-state index contributed by atoms with van der Waals surface area (Å²) in [5, 5.41) is 0.578. The Kier molecular flexibility index (Phi) is 2.84. The molecule has 16 heavy (non-hydrogen) atoms. The smallest absolute Gasteiger partial charge is 0.129 e. The second-order valence-electron chi connectivity index (χ2n) is 4.60. The number of rotatable bonds is 2. The van der Waals surface area contributed by atoms with Crippen LogP contribution in [0.15, 0.2) is 18.2 Å². The zero-order chi connectivity index (χ0) is 11.0. The Hall–Kier alpha value is -0.640. The SMILES string of the molecule is Clc1cccc(CN2CC3CCC(C2)O3)n1. The molecule has 0 spiro atoms. The van der Waals surface area contributed by atoms with Crippen molar-refractivity contribution in [3.8, 4) is 0 Å². The first kappa shape index (κ1) is 10.5. The fourth-order valence-corrected chi connectivity index (χ4v) is 2.78. The van der Waals surface area contributed by atoms with Crippen molar-refractivity contribution in [1.82, 2.24) is 9.88 Å². The predicted octanol–water partition coefficient (Wildman–Crippen LogP) is 2.10. The van der Waals surface area contributed by atoms with Gasteiger partial charge in [-0.2, -0.15) is 0 Å². The largest absolute Gasteiger partial charge is 0.372 e. The minimum Gasteiger partial charge on any atom is -0.372 e. The summed E-state index contributed by atoms with van der Waals surface area (Å²) >= 11 is 5.88. The number of likely N-dealkylation sites (tertiary alicyclic amines) is 1. The third kappa shape index (κ3) is 2.21. The Morgan fingerprint density at radius 3 is 2.75 bits per heavy atom. The van der Waals surface area contributed by atoms with Crippen LogP contribution >= 0.6 is 11.6 Å². The predicted molar refractivity (Wildman–Crippen MR) is 62.4 cm³/mol. The van der Waals surface area contributed by atoms with E-state index in [0.717, 1.165) is 25.3 Å². The molecule has 1 aromatic rings. The Bertz CT molecular complexity index is 373. The number of aromatic nitrogens is 1. The second kappa shape index (κ2) is 4.32. The van der Waals surface area contributed by atoms with Crippen molar-refractivity contribution < 1.29 is 4.74 Å². The standard InChI is InChI=1S/C12H15ClN2O/c13-12-3-1-2-9(14-12)6-15-7-10-4-5-11(8-15)16-10/h1-3,10-11H,4-8H2. The summed E-state index contributed by atoms with van der Waals surface area (Å²) in [6.45, 7) is 2.95. The van der Waals surface area contributed by atoms with Gasteiger partial charge in [0.05, 0.1) is 17.9 Å². The molecule has 0 aliphatic carbocycles. The average molecular weight is 239 g/mol. The van der Waals surface area contributed by atoms with Gasteiger partial charge in [-0.1, -0.05) is 17.7 Å². The van der Waals surface area contributed by atoms with Crippen molar-refractivity contribution in [1.29, 1.82) is 0 Å². The van der Waals surface area contributed by atoms with Gasteiger partial charge in [0.1, 0.15) is 5.15 Å². The van der Waals surface area contributed by atoms with Crippen LogP contribution in [-0.4, -0.2) is 35.2 Å². The first-order valence-electron chi connectivity index (χ1n) is 5.79. The number of halogens is 1. The van der Waals surface area contributed by atoms with Gasteiger partial charge in [0.25, 0.3) is 0 Å². The van der Waals surface area contributed by atoms with E-state index in [1.54, 1.807) is 0 Å². The molecular formula is C12H15ClN2O. The number of morpholine rings is 1. The van der Waals surface area contributed by atoms with Crippen LogP contribution in [0.25, 0.3) is 0 Å². The molecule has 2 fully saturated rings. The monoisotopic (exact) mass is 238 g/mol. The van der Waals surface area contributed by atoms with Crippen LogP contribution < -0.4 is 0 Å². The zero-order valence-electron chi connectivity index (χ0n) is 9.10. The summed E-state index contributed by atoms with van der Waals surface area (Å²) in [6.07, 6.45) is 3.31. The normalized spacial score (nSPS) is 29.6. The molecule has 3 heterocycles. The van der Waals surface area contributed by atoms with Gasteiger partial charge in [-0.15, -0.1) is 0 Å². The van der Waals surface area contributed by atoms with E-state index in [9.17, 15) is 0 Å².